The zero-order valence-corrected chi connectivity index (χ0v) is 15.8. The van der Waals surface area contributed by atoms with Crippen LogP contribution in [-0.2, 0) is 4.79 Å². The zero-order valence-electron chi connectivity index (χ0n) is 14.3. The Bertz CT molecular complexity index is 845. The van der Waals surface area contributed by atoms with Gasteiger partial charge in [-0.15, -0.1) is 0 Å². The Balaban J connectivity index is 2.01. The fourth-order valence-electron chi connectivity index (χ4n) is 3.37. The first-order valence-electron chi connectivity index (χ1n) is 8.22. The summed E-state index contributed by atoms with van der Waals surface area (Å²) in [5, 5.41) is 14.0. The van der Waals surface area contributed by atoms with Gasteiger partial charge in [0.05, 0.1) is 16.0 Å². The van der Waals surface area contributed by atoms with Crippen molar-refractivity contribution in [2.75, 3.05) is 13.1 Å². The minimum absolute atomic E-state index is 0.0846. The number of nitrogens with zero attached hydrogens (tertiary/aromatic N) is 2. The van der Waals surface area contributed by atoms with Crippen LogP contribution in [0.3, 0.4) is 0 Å². The number of piperidine rings is 1. The largest absolute Gasteiger partial charge is 0.481 e. The third-order valence-electron chi connectivity index (χ3n) is 4.57. The van der Waals surface area contributed by atoms with Crippen molar-refractivity contribution in [3.05, 3.63) is 39.6 Å². The number of hydrogen-bond donors (Lipinski definition) is 1. The van der Waals surface area contributed by atoms with Gasteiger partial charge in [-0.2, -0.15) is 0 Å². The van der Waals surface area contributed by atoms with Gasteiger partial charge in [-0.05, 0) is 31.4 Å². The van der Waals surface area contributed by atoms with Crippen LogP contribution >= 0.6 is 23.2 Å². The van der Waals surface area contributed by atoms with Gasteiger partial charge in [-0.25, -0.2) is 0 Å². The molecule has 2 unspecified atom stereocenters. The Morgan fingerprint density at radius 1 is 1.27 bits per heavy atom. The van der Waals surface area contributed by atoms with Gasteiger partial charge in [0.1, 0.15) is 17.0 Å². The molecule has 0 saturated carbocycles. The van der Waals surface area contributed by atoms with E-state index < -0.39 is 11.9 Å². The van der Waals surface area contributed by atoms with E-state index in [1.807, 2.05) is 6.92 Å². The summed E-state index contributed by atoms with van der Waals surface area (Å²) >= 11 is 12.5. The van der Waals surface area contributed by atoms with Gasteiger partial charge in [0.15, 0.2) is 0 Å². The third-order valence-corrected chi connectivity index (χ3v) is 5.20. The van der Waals surface area contributed by atoms with Gasteiger partial charge in [0.25, 0.3) is 5.91 Å². The number of carboxylic acids is 1. The molecule has 1 aromatic carbocycles. The lowest BCUT2D eigenvalue weighted by Crippen LogP contribution is -2.45. The standard InChI is InChI=1S/C18H18Cl2N2O4/c1-9-6-11(18(24)25)8-22(7-9)17(23)14-10(2)26-21-16(14)15-12(19)4-3-5-13(15)20/h3-5,9,11H,6-8H2,1-2H3,(H,24,25). The summed E-state index contributed by atoms with van der Waals surface area (Å²) in [5.74, 6) is -1.39. The molecule has 0 radical (unpaired) electrons. The molecule has 2 aromatic rings. The second kappa shape index (κ2) is 7.29. The average molecular weight is 397 g/mol. The first-order chi connectivity index (χ1) is 12.3. The normalized spacial score (nSPS) is 20.2. The van der Waals surface area contributed by atoms with Crippen molar-refractivity contribution in [3.8, 4) is 11.3 Å². The second-order valence-electron chi connectivity index (χ2n) is 6.65. The molecular formula is C18H18Cl2N2O4. The van der Waals surface area contributed by atoms with Crippen molar-refractivity contribution < 1.29 is 19.2 Å². The Hall–Kier alpha value is -2.05. The van der Waals surface area contributed by atoms with Crippen molar-refractivity contribution in [2.45, 2.75) is 20.3 Å². The molecule has 1 saturated heterocycles. The number of carbonyl (C=O) groups is 2. The van der Waals surface area contributed by atoms with E-state index in [1.165, 1.54) is 0 Å². The van der Waals surface area contributed by atoms with Crippen LogP contribution < -0.4 is 0 Å². The highest BCUT2D eigenvalue weighted by atomic mass is 35.5. The predicted octanol–water partition coefficient (Wildman–Crippen LogP) is 4.14. The molecule has 3 rings (SSSR count). The minimum atomic E-state index is -0.897. The lowest BCUT2D eigenvalue weighted by Gasteiger charge is -2.34. The number of likely N-dealkylation sites (tertiary alicyclic amines) is 1. The van der Waals surface area contributed by atoms with E-state index in [1.54, 1.807) is 30.0 Å². The Kier molecular flexibility index (Phi) is 5.25. The fourth-order valence-corrected chi connectivity index (χ4v) is 3.95. The summed E-state index contributed by atoms with van der Waals surface area (Å²) in [6, 6.07) is 5.02. The summed E-state index contributed by atoms with van der Waals surface area (Å²) in [7, 11) is 0. The molecule has 2 atom stereocenters. The summed E-state index contributed by atoms with van der Waals surface area (Å²) in [6.45, 7) is 4.19. The number of carbonyl (C=O) groups excluding carboxylic acids is 1. The number of aliphatic carboxylic acids is 1. The van der Waals surface area contributed by atoms with Gasteiger partial charge in [0, 0.05) is 18.7 Å². The van der Waals surface area contributed by atoms with Crippen LogP contribution in [0.5, 0.6) is 0 Å². The molecule has 2 heterocycles. The number of amides is 1. The minimum Gasteiger partial charge on any atom is -0.481 e. The SMILES string of the molecule is Cc1onc(-c2c(Cl)cccc2Cl)c1C(=O)N1CC(C)CC(C(=O)O)C1. The van der Waals surface area contributed by atoms with Crippen LogP contribution in [-0.4, -0.2) is 40.1 Å². The Labute approximate surface area is 160 Å². The summed E-state index contributed by atoms with van der Waals surface area (Å²) in [6.07, 6.45) is 0.547. The van der Waals surface area contributed by atoms with E-state index >= 15 is 0 Å². The van der Waals surface area contributed by atoms with E-state index in [4.69, 9.17) is 27.7 Å². The zero-order chi connectivity index (χ0) is 19.0. The Morgan fingerprint density at radius 2 is 1.92 bits per heavy atom. The highest BCUT2D eigenvalue weighted by Crippen LogP contribution is 2.37. The number of rotatable bonds is 3. The van der Waals surface area contributed by atoms with Crippen molar-refractivity contribution in [3.63, 3.8) is 0 Å². The quantitative estimate of drug-likeness (QED) is 0.842. The van der Waals surface area contributed by atoms with Crippen molar-refractivity contribution in [2.24, 2.45) is 11.8 Å². The maximum absolute atomic E-state index is 13.2. The average Bonchev–Trinajstić information content (AvgIpc) is 2.94. The molecule has 0 spiro atoms. The van der Waals surface area contributed by atoms with Gasteiger partial charge >= 0.3 is 5.97 Å². The molecule has 8 heteroatoms. The molecular weight excluding hydrogens is 379 g/mol. The number of aryl methyl sites for hydroxylation is 1. The molecule has 1 amide bonds. The number of carboxylic acid groups (broad SMARTS) is 1. The number of aromatic nitrogens is 1. The number of halogens is 2. The monoisotopic (exact) mass is 396 g/mol. The van der Waals surface area contributed by atoms with Gasteiger partial charge in [-0.1, -0.05) is 41.3 Å². The van der Waals surface area contributed by atoms with Crippen LogP contribution in [0, 0.1) is 18.8 Å². The first-order valence-corrected chi connectivity index (χ1v) is 8.98. The molecule has 1 aliphatic heterocycles. The lowest BCUT2D eigenvalue weighted by molar-refractivity contribution is -0.143. The first kappa shape index (κ1) is 18.7. The topological polar surface area (TPSA) is 83.6 Å². The van der Waals surface area contributed by atoms with E-state index in [0.29, 0.717) is 34.3 Å². The molecule has 6 nitrogen and oxygen atoms in total. The summed E-state index contributed by atoms with van der Waals surface area (Å²) in [5.41, 5.74) is 0.960. The van der Waals surface area contributed by atoms with Gasteiger partial charge in [0.2, 0.25) is 0 Å². The van der Waals surface area contributed by atoms with E-state index in [-0.39, 0.29) is 29.6 Å². The van der Waals surface area contributed by atoms with Crippen LogP contribution in [0.15, 0.2) is 22.7 Å². The fraction of sp³-hybridized carbons (Fsp3) is 0.389. The second-order valence-corrected chi connectivity index (χ2v) is 7.46. The lowest BCUT2D eigenvalue weighted by atomic mass is 9.90. The molecule has 1 aliphatic rings. The highest BCUT2D eigenvalue weighted by molar-refractivity contribution is 6.39. The third kappa shape index (κ3) is 3.44. The molecule has 1 fully saturated rings. The van der Waals surface area contributed by atoms with Gasteiger partial charge < -0.3 is 14.5 Å². The summed E-state index contributed by atoms with van der Waals surface area (Å²) in [4.78, 5) is 26.1. The molecule has 26 heavy (non-hydrogen) atoms. The van der Waals surface area contributed by atoms with Crippen LogP contribution in [0.1, 0.15) is 29.5 Å². The van der Waals surface area contributed by atoms with E-state index in [0.717, 1.165) is 0 Å². The molecule has 0 bridgehead atoms. The molecule has 1 aromatic heterocycles. The van der Waals surface area contributed by atoms with Gasteiger partial charge in [-0.3, -0.25) is 9.59 Å². The maximum Gasteiger partial charge on any atom is 0.308 e. The van der Waals surface area contributed by atoms with Crippen molar-refractivity contribution in [1.29, 1.82) is 0 Å². The van der Waals surface area contributed by atoms with E-state index in [9.17, 15) is 14.7 Å². The predicted molar refractivity (Wildman–Crippen MR) is 97.5 cm³/mol. The highest BCUT2D eigenvalue weighted by Gasteiger charge is 2.35. The Morgan fingerprint density at radius 3 is 2.54 bits per heavy atom. The number of hydrogen-bond acceptors (Lipinski definition) is 4. The van der Waals surface area contributed by atoms with Crippen molar-refractivity contribution >= 4 is 35.1 Å². The molecule has 138 valence electrons. The van der Waals surface area contributed by atoms with Crippen molar-refractivity contribution in [1.82, 2.24) is 10.1 Å². The van der Waals surface area contributed by atoms with Crippen LogP contribution in [0.2, 0.25) is 10.0 Å². The summed E-state index contributed by atoms with van der Waals surface area (Å²) < 4.78 is 5.24. The van der Waals surface area contributed by atoms with Crippen LogP contribution in [0.25, 0.3) is 11.3 Å². The number of benzene rings is 1. The van der Waals surface area contributed by atoms with E-state index in [2.05, 4.69) is 5.16 Å². The maximum atomic E-state index is 13.2. The smallest absolute Gasteiger partial charge is 0.308 e. The molecule has 1 N–H and O–H groups in total. The molecule has 0 aliphatic carbocycles. The van der Waals surface area contributed by atoms with Crippen LogP contribution in [0.4, 0.5) is 0 Å².